The molecule has 2 atom stereocenters. The number of hydrogen-bond acceptors (Lipinski definition) is 3. The molecular weight excluding hydrogens is 150 g/mol. The van der Waals surface area contributed by atoms with Crippen molar-refractivity contribution in [2.45, 2.75) is 24.6 Å². The van der Waals surface area contributed by atoms with Gasteiger partial charge in [-0.25, -0.2) is 0 Å². The Balaban J connectivity index is 3.56. The van der Waals surface area contributed by atoms with Crippen LogP contribution in [0.2, 0.25) is 0 Å². The average Bonchev–Trinajstić information content (AvgIpc) is 1.87. The zero-order chi connectivity index (χ0) is 8.15. The van der Waals surface area contributed by atoms with Gasteiger partial charge >= 0.3 is 5.97 Å². The number of carbonyl (C=O) groups is 1. The van der Waals surface area contributed by atoms with Crippen molar-refractivity contribution in [3.05, 3.63) is 0 Å². The summed E-state index contributed by atoms with van der Waals surface area (Å²) in [5.41, 5.74) is 5.28. The summed E-state index contributed by atoms with van der Waals surface area (Å²) < 4.78 is 0. The number of rotatable bonds is 4. The first-order valence-corrected chi connectivity index (χ1v) is 4.38. The molecule has 0 amide bonds. The molecular formula is C6H13NO2S. The average molecular weight is 163 g/mol. The number of carboxylic acid groups (broad SMARTS) is 1. The van der Waals surface area contributed by atoms with E-state index in [0.717, 1.165) is 0 Å². The highest BCUT2D eigenvalue weighted by Crippen LogP contribution is 2.10. The lowest BCUT2D eigenvalue weighted by Crippen LogP contribution is -2.32. The Morgan fingerprint density at radius 2 is 2.30 bits per heavy atom. The summed E-state index contributed by atoms with van der Waals surface area (Å²) in [5.74, 6) is -0.916. The van der Waals surface area contributed by atoms with E-state index >= 15 is 0 Å². The minimum Gasteiger partial charge on any atom is -0.480 e. The normalized spacial score (nSPS) is 16.3. The predicted octanol–water partition coefficient (Wildman–Crippen LogP) is 0.540. The lowest BCUT2D eigenvalue weighted by Gasteiger charge is -2.10. The van der Waals surface area contributed by atoms with Crippen molar-refractivity contribution < 1.29 is 9.90 Å². The first kappa shape index (κ1) is 9.78. The Morgan fingerprint density at radius 1 is 1.80 bits per heavy atom. The molecule has 0 aliphatic heterocycles. The summed E-state index contributed by atoms with van der Waals surface area (Å²) in [4.78, 5) is 10.2. The Morgan fingerprint density at radius 3 is 2.60 bits per heavy atom. The van der Waals surface area contributed by atoms with Crippen LogP contribution >= 0.6 is 11.8 Å². The zero-order valence-corrected chi connectivity index (χ0v) is 7.02. The lowest BCUT2D eigenvalue weighted by atomic mass is 10.2. The molecule has 0 rings (SSSR count). The Hall–Kier alpha value is -0.220. The lowest BCUT2D eigenvalue weighted by molar-refractivity contribution is -0.138. The van der Waals surface area contributed by atoms with Crippen LogP contribution in [0.15, 0.2) is 0 Å². The SMILES string of the molecule is CSC(C)C[C@H](N)C(=O)O. The first-order chi connectivity index (χ1) is 4.57. The minimum atomic E-state index is -0.916. The second-order valence-corrected chi connectivity index (χ2v) is 3.50. The smallest absolute Gasteiger partial charge is 0.320 e. The second-order valence-electron chi connectivity index (χ2n) is 2.23. The second kappa shape index (κ2) is 4.57. The summed E-state index contributed by atoms with van der Waals surface area (Å²) in [6.07, 6.45) is 2.48. The number of thioether (sulfide) groups is 1. The summed E-state index contributed by atoms with van der Waals surface area (Å²) in [6, 6.07) is -0.706. The monoisotopic (exact) mass is 163 g/mol. The van der Waals surface area contributed by atoms with Crippen LogP contribution in [-0.4, -0.2) is 28.6 Å². The molecule has 60 valence electrons. The fraction of sp³-hybridized carbons (Fsp3) is 0.833. The first-order valence-electron chi connectivity index (χ1n) is 3.09. The van der Waals surface area contributed by atoms with Crippen molar-refractivity contribution in [1.82, 2.24) is 0 Å². The van der Waals surface area contributed by atoms with Gasteiger partial charge in [0, 0.05) is 5.25 Å². The number of nitrogens with two attached hydrogens (primary N) is 1. The van der Waals surface area contributed by atoms with Crippen molar-refractivity contribution in [1.29, 1.82) is 0 Å². The molecule has 0 heterocycles. The summed E-state index contributed by atoms with van der Waals surface area (Å²) in [5, 5.41) is 8.72. The molecule has 4 heteroatoms. The van der Waals surface area contributed by atoms with Gasteiger partial charge in [0.15, 0.2) is 0 Å². The third kappa shape index (κ3) is 3.74. The van der Waals surface area contributed by atoms with Crippen LogP contribution in [0.1, 0.15) is 13.3 Å². The van der Waals surface area contributed by atoms with Crippen molar-refractivity contribution >= 4 is 17.7 Å². The van der Waals surface area contributed by atoms with E-state index in [2.05, 4.69) is 0 Å². The molecule has 0 radical (unpaired) electrons. The van der Waals surface area contributed by atoms with Crippen LogP contribution in [0.25, 0.3) is 0 Å². The summed E-state index contributed by atoms with van der Waals surface area (Å²) >= 11 is 1.63. The van der Waals surface area contributed by atoms with E-state index in [1.807, 2.05) is 13.2 Å². The van der Waals surface area contributed by atoms with Gasteiger partial charge in [-0.3, -0.25) is 4.79 Å². The van der Waals surface area contributed by atoms with Gasteiger partial charge in [-0.1, -0.05) is 6.92 Å². The van der Waals surface area contributed by atoms with E-state index < -0.39 is 12.0 Å². The third-order valence-electron chi connectivity index (χ3n) is 1.31. The molecule has 0 aliphatic carbocycles. The quantitative estimate of drug-likeness (QED) is 0.635. The summed E-state index contributed by atoms with van der Waals surface area (Å²) in [7, 11) is 0. The molecule has 0 aromatic heterocycles. The van der Waals surface area contributed by atoms with Gasteiger partial charge < -0.3 is 10.8 Å². The summed E-state index contributed by atoms with van der Waals surface area (Å²) in [6.45, 7) is 1.97. The van der Waals surface area contributed by atoms with Crippen LogP contribution in [-0.2, 0) is 4.79 Å². The molecule has 0 aromatic rings. The van der Waals surface area contributed by atoms with E-state index in [1.54, 1.807) is 11.8 Å². The molecule has 0 aromatic carbocycles. The number of hydrogen-bond donors (Lipinski definition) is 2. The standard InChI is InChI=1S/C6H13NO2S/c1-4(10-2)3-5(7)6(8)9/h4-5H,3,7H2,1-2H3,(H,8,9)/t4?,5-/m0/s1. The van der Waals surface area contributed by atoms with Crippen LogP contribution in [0.5, 0.6) is 0 Å². The van der Waals surface area contributed by atoms with E-state index in [-0.39, 0.29) is 0 Å². The van der Waals surface area contributed by atoms with Crippen LogP contribution in [0, 0.1) is 0 Å². The van der Waals surface area contributed by atoms with E-state index in [4.69, 9.17) is 10.8 Å². The van der Waals surface area contributed by atoms with Gasteiger partial charge in [-0.15, -0.1) is 0 Å². The van der Waals surface area contributed by atoms with Crippen molar-refractivity contribution in [2.75, 3.05) is 6.26 Å². The molecule has 0 saturated carbocycles. The maximum absolute atomic E-state index is 10.2. The fourth-order valence-electron chi connectivity index (χ4n) is 0.555. The maximum Gasteiger partial charge on any atom is 0.320 e. The molecule has 0 spiro atoms. The van der Waals surface area contributed by atoms with Gasteiger partial charge in [0.2, 0.25) is 0 Å². The largest absolute Gasteiger partial charge is 0.480 e. The van der Waals surface area contributed by atoms with Gasteiger partial charge in [-0.2, -0.15) is 11.8 Å². The van der Waals surface area contributed by atoms with E-state index in [1.165, 1.54) is 0 Å². The molecule has 0 aliphatic rings. The number of aliphatic carboxylic acids is 1. The Kier molecular flexibility index (Phi) is 4.47. The molecule has 3 nitrogen and oxygen atoms in total. The van der Waals surface area contributed by atoms with Crippen LogP contribution in [0.4, 0.5) is 0 Å². The highest BCUT2D eigenvalue weighted by molar-refractivity contribution is 7.99. The van der Waals surface area contributed by atoms with E-state index in [9.17, 15) is 4.79 Å². The van der Waals surface area contributed by atoms with Crippen molar-refractivity contribution in [3.63, 3.8) is 0 Å². The van der Waals surface area contributed by atoms with Gasteiger partial charge in [0.1, 0.15) is 6.04 Å². The molecule has 10 heavy (non-hydrogen) atoms. The van der Waals surface area contributed by atoms with Gasteiger partial charge in [0.25, 0.3) is 0 Å². The Bertz CT molecular complexity index is 118. The van der Waals surface area contributed by atoms with Gasteiger partial charge in [0.05, 0.1) is 0 Å². The van der Waals surface area contributed by atoms with Crippen LogP contribution in [0.3, 0.4) is 0 Å². The molecule has 0 fully saturated rings. The predicted molar refractivity (Wildman–Crippen MR) is 43.2 cm³/mol. The molecule has 0 bridgehead atoms. The highest BCUT2D eigenvalue weighted by Gasteiger charge is 2.14. The number of carboxylic acids is 1. The molecule has 3 N–H and O–H groups in total. The van der Waals surface area contributed by atoms with Gasteiger partial charge in [-0.05, 0) is 12.7 Å². The minimum absolute atomic E-state index is 0.325. The van der Waals surface area contributed by atoms with Crippen molar-refractivity contribution in [3.8, 4) is 0 Å². The van der Waals surface area contributed by atoms with Crippen molar-refractivity contribution in [2.24, 2.45) is 5.73 Å². The molecule has 1 unspecified atom stereocenters. The zero-order valence-electron chi connectivity index (χ0n) is 6.20. The Labute approximate surface area is 65.0 Å². The van der Waals surface area contributed by atoms with Crippen LogP contribution < -0.4 is 5.73 Å². The van der Waals surface area contributed by atoms with E-state index in [0.29, 0.717) is 11.7 Å². The fourth-order valence-corrected chi connectivity index (χ4v) is 0.954. The highest BCUT2D eigenvalue weighted by atomic mass is 32.2. The third-order valence-corrected chi connectivity index (χ3v) is 2.30. The topological polar surface area (TPSA) is 63.3 Å². The molecule has 0 saturated heterocycles. The maximum atomic E-state index is 10.2.